The summed E-state index contributed by atoms with van der Waals surface area (Å²) in [5.41, 5.74) is 6.45. The Bertz CT molecular complexity index is 664. The largest absolute Gasteiger partial charge is 0.497 e. The third-order valence-corrected chi connectivity index (χ3v) is 2.52. The smallest absolute Gasteiger partial charge is 0.272 e. The van der Waals surface area contributed by atoms with Crippen LogP contribution in [0.5, 0.6) is 5.75 Å². The van der Waals surface area contributed by atoms with Crippen LogP contribution in [0.4, 0.5) is 11.4 Å². The van der Waals surface area contributed by atoms with Crippen molar-refractivity contribution >= 4 is 17.3 Å². The first-order valence-corrected chi connectivity index (χ1v) is 5.54. The lowest BCUT2D eigenvalue weighted by molar-refractivity contribution is 0.102. The monoisotopic (exact) mass is 259 g/mol. The Morgan fingerprint density at radius 1 is 1.32 bits per heavy atom. The number of benzene rings is 1. The van der Waals surface area contributed by atoms with Crippen LogP contribution in [0.1, 0.15) is 10.5 Å². The van der Waals surface area contributed by atoms with Gasteiger partial charge in [-0.3, -0.25) is 9.59 Å². The summed E-state index contributed by atoms with van der Waals surface area (Å²) in [5.74, 6) is 0.165. The van der Waals surface area contributed by atoms with E-state index < -0.39 is 5.91 Å². The van der Waals surface area contributed by atoms with E-state index >= 15 is 0 Å². The Morgan fingerprint density at radius 3 is 2.74 bits per heavy atom. The molecule has 2 rings (SSSR count). The molecule has 0 aliphatic heterocycles. The van der Waals surface area contributed by atoms with Crippen molar-refractivity contribution in [2.45, 2.75) is 0 Å². The van der Waals surface area contributed by atoms with E-state index in [4.69, 9.17) is 10.5 Å². The molecule has 0 bridgehead atoms. The van der Waals surface area contributed by atoms with E-state index in [0.717, 1.165) is 0 Å². The predicted octanol–water partition coefficient (Wildman–Crippen LogP) is 1.22. The van der Waals surface area contributed by atoms with Crippen molar-refractivity contribution in [3.05, 3.63) is 52.4 Å². The maximum Gasteiger partial charge on any atom is 0.272 e. The summed E-state index contributed by atoms with van der Waals surface area (Å²) in [6.07, 6.45) is 0. The molecule has 0 atom stereocenters. The fraction of sp³-hybridized carbons (Fsp3) is 0.0769. The second-order valence-electron chi connectivity index (χ2n) is 3.84. The van der Waals surface area contributed by atoms with Gasteiger partial charge in [0, 0.05) is 12.1 Å². The number of ether oxygens (including phenoxy) is 1. The van der Waals surface area contributed by atoms with Crippen LogP contribution in [0.3, 0.4) is 0 Å². The van der Waals surface area contributed by atoms with Crippen LogP contribution >= 0.6 is 0 Å². The van der Waals surface area contributed by atoms with E-state index in [-0.39, 0.29) is 11.3 Å². The lowest BCUT2D eigenvalue weighted by Gasteiger charge is -2.09. The van der Waals surface area contributed by atoms with E-state index in [1.54, 1.807) is 18.2 Å². The van der Waals surface area contributed by atoms with Gasteiger partial charge in [-0.1, -0.05) is 6.07 Å². The number of rotatable bonds is 3. The van der Waals surface area contributed by atoms with E-state index in [9.17, 15) is 9.59 Å². The van der Waals surface area contributed by atoms with Crippen molar-refractivity contribution in [3.8, 4) is 5.75 Å². The number of anilines is 2. The number of nitrogen functional groups attached to an aromatic ring is 1. The van der Waals surface area contributed by atoms with Gasteiger partial charge in [0.2, 0.25) is 5.56 Å². The molecule has 1 aromatic heterocycles. The molecule has 6 nitrogen and oxygen atoms in total. The SMILES string of the molecule is COc1ccc(NC(=O)c2cccc(=O)[nH]2)c(N)c1. The molecule has 0 fully saturated rings. The van der Waals surface area contributed by atoms with Gasteiger partial charge >= 0.3 is 0 Å². The highest BCUT2D eigenvalue weighted by Gasteiger charge is 2.09. The van der Waals surface area contributed by atoms with Crippen LogP contribution in [-0.2, 0) is 0 Å². The summed E-state index contributed by atoms with van der Waals surface area (Å²) in [5, 5.41) is 2.62. The van der Waals surface area contributed by atoms with Gasteiger partial charge in [-0.15, -0.1) is 0 Å². The Labute approximate surface area is 109 Å². The number of carbonyl (C=O) groups is 1. The van der Waals surface area contributed by atoms with E-state index in [2.05, 4.69) is 10.3 Å². The van der Waals surface area contributed by atoms with Crippen molar-refractivity contribution in [2.75, 3.05) is 18.2 Å². The first-order valence-electron chi connectivity index (χ1n) is 5.54. The van der Waals surface area contributed by atoms with Crippen LogP contribution in [-0.4, -0.2) is 18.0 Å². The maximum atomic E-state index is 11.9. The van der Waals surface area contributed by atoms with Crippen LogP contribution in [0.15, 0.2) is 41.2 Å². The number of hydrogen-bond acceptors (Lipinski definition) is 4. The Kier molecular flexibility index (Phi) is 3.51. The molecule has 0 unspecified atom stereocenters. The molecule has 0 spiro atoms. The number of nitrogens with one attached hydrogen (secondary N) is 2. The third kappa shape index (κ3) is 2.92. The average molecular weight is 259 g/mol. The van der Waals surface area contributed by atoms with Crippen molar-refractivity contribution in [3.63, 3.8) is 0 Å². The molecule has 1 aromatic carbocycles. The molecule has 1 heterocycles. The lowest BCUT2D eigenvalue weighted by Crippen LogP contribution is -2.18. The summed E-state index contributed by atoms with van der Waals surface area (Å²) in [7, 11) is 1.53. The van der Waals surface area contributed by atoms with Gasteiger partial charge in [-0.05, 0) is 18.2 Å². The summed E-state index contributed by atoms with van der Waals surface area (Å²) < 4.78 is 5.02. The summed E-state index contributed by atoms with van der Waals surface area (Å²) in [6.45, 7) is 0. The first kappa shape index (κ1) is 12.7. The molecule has 98 valence electrons. The van der Waals surface area contributed by atoms with Gasteiger partial charge in [0.1, 0.15) is 11.4 Å². The lowest BCUT2D eigenvalue weighted by atomic mass is 10.2. The molecule has 0 saturated heterocycles. The standard InChI is InChI=1S/C13H13N3O3/c1-19-8-5-6-10(9(14)7-8)16-13(18)11-3-2-4-12(17)15-11/h2-7H,14H2,1H3,(H,15,17)(H,16,18). The number of hydrogen-bond donors (Lipinski definition) is 3. The molecule has 2 aromatic rings. The van der Waals surface area contributed by atoms with Gasteiger partial charge in [0.05, 0.1) is 18.5 Å². The normalized spacial score (nSPS) is 9.95. The van der Waals surface area contributed by atoms with Crippen molar-refractivity contribution in [1.82, 2.24) is 4.98 Å². The van der Waals surface area contributed by atoms with Gasteiger partial charge in [-0.2, -0.15) is 0 Å². The zero-order valence-corrected chi connectivity index (χ0v) is 10.3. The number of H-pyrrole nitrogens is 1. The molecular weight excluding hydrogens is 246 g/mol. The second kappa shape index (κ2) is 5.26. The fourth-order valence-corrected chi connectivity index (χ4v) is 1.55. The van der Waals surface area contributed by atoms with Crippen LogP contribution in [0.25, 0.3) is 0 Å². The Hall–Kier alpha value is -2.76. The molecule has 0 aliphatic rings. The minimum Gasteiger partial charge on any atom is -0.497 e. The highest BCUT2D eigenvalue weighted by Crippen LogP contribution is 2.24. The molecule has 4 N–H and O–H groups in total. The highest BCUT2D eigenvalue weighted by atomic mass is 16.5. The minimum absolute atomic E-state index is 0.169. The van der Waals surface area contributed by atoms with E-state index in [0.29, 0.717) is 17.1 Å². The highest BCUT2D eigenvalue weighted by molar-refractivity contribution is 6.04. The van der Waals surface area contributed by atoms with Crippen molar-refractivity contribution < 1.29 is 9.53 Å². The zero-order chi connectivity index (χ0) is 13.8. The molecule has 0 radical (unpaired) electrons. The summed E-state index contributed by atoms with van der Waals surface area (Å²) >= 11 is 0. The number of carbonyl (C=O) groups excluding carboxylic acids is 1. The van der Waals surface area contributed by atoms with E-state index in [1.807, 2.05) is 0 Å². The first-order chi connectivity index (χ1) is 9.10. The quantitative estimate of drug-likeness (QED) is 0.722. The van der Waals surface area contributed by atoms with Gasteiger partial charge in [0.25, 0.3) is 5.91 Å². The van der Waals surface area contributed by atoms with Crippen LogP contribution in [0.2, 0.25) is 0 Å². The van der Waals surface area contributed by atoms with Crippen molar-refractivity contribution in [1.29, 1.82) is 0 Å². The Morgan fingerprint density at radius 2 is 2.11 bits per heavy atom. The number of amides is 1. The predicted molar refractivity (Wildman–Crippen MR) is 72.4 cm³/mol. The molecule has 1 amide bonds. The van der Waals surface area contributed by atoms with Gasteiger partial charge < -0.3 is 20.8 Å². The number of pyridine rings is 1. The number of nitrogens with two attached hydrogens (primary N) is 1. The molecule has 19 heavy (non-hydrogen) atoms. The van der Waals surface area contributed by atoms with E-state index in [1.165, 1.54) is 25.3 Å². The molecule has 0 saturated carbocycles. The number of aromatic amines is 1. The zero-order valence-electron chi connectivity index (χ0n) is 10.3. The average Bonchev–Trinajstić information content (AvgIpc) is 2.41. The summed E-state index contributed by atoms with van der Waals surface area (Å²) in [4.78, 5) is 25.5. The van der Waals surface area contributed by atoms with Gasteiger partial charge in [0.15, 0.2) is 0 Å². The summed E-state index contributed by atoms with van der Waals surface area (Å²) in [6, 6.07) is 9.26. The number of methoxy groups -OCH3 is 1. The third-order valence-electron chi connectivity index (χ3n) is 2.52. The molecule has 6 heteroatoms. The van der Waals surface area contributed by atoms with Crippen LogP contribution in [0, 0.1) is 0 Å². The Balaban J connectivity index is 2.22. The van der Waals surface area contributed by atoms with Crippen LogP contribution < -0.4 is 21.3 Å². The minimum atomic E-state index is -0.436. The topological polar surface area (TPSA) is 97.2 Å². The molecular formula is C13H13N3O3. The maximum absolute atomic E-state index is 11.9. The van der Waals surface area contributed by atoms with Gasteiger partial charge in [-0.25, -0.2) is 0 Å². The number of aromatic nitrogens is 1. The fourth-order valence-electron chi connectivity index (χ4n) is 1.55. The molecule has 0 aliphatic carbocycles. The second-order valence-corrected chi connectivity index (χ2v) is 3.84. The van der Waals surface area contributed by atoms with Crippen molar-refractivity contribution in [2.24, 2.45) is 0 Å².